The van der Waals surface area contributed by atoms with Crippen LogP contribution in [0.1, 0.15) is 12.0 Å². The predicted octanol–water partition coefficient (Wildman–Crippen LogP) is 1.97. The molecule has 17 heavy (non-hydrogen) atoms. The zero-order chi connectivity index (χ0) is 12.6. The van der Waals surface area contributed by atoms with Crippen LogP contribution in [0, 0.1) is 5.92 Å². The number of rotatable bonds is 4. The molecule has 0 aliphatic heterocycles. The van der Waals surface area contributed by atoms with E-state index < -0.39 is 17.6 Å². The minimum Gasteiger partial charge on any atom is -0.493 e. The van der Waals surface area contributed by atoms with E-state index in [0.29, 0.717) is 17.1 Å². The van der Waals surface area contributed by atoms with Crippen LogP contribution in [0.25, 0.3) is 0 Å². The average Bonchev–Trinajstić information content (AvgIpc) is 3.02. The van der Waals surface area contributed by atoms with E-state index in [2.05, 4.69) is 0 Å². The van der Waals surface area contributed by atoms with Gasteiger partial charge in [0.1, 0.15) is 0 Å². The van der Waals surface area contributed by atoms with Crippen molar-refractivity contribution in [2.45, 2.75) is 12.1 Å². The molecule has 0 bridgehead atoms. The van der Waals surface area contributed by atoms with Gasteiger partial charge >= 0.3 is 5.97 Å². The van der Waals surface area contributed by atoms with E-state index in [1.54, 1.807) is 6.07 Å². The monoisotopic (exact) mass is 240 g/mol. The summed E-state index contributed by atoms with van der Waals surface area (Å²) in [5.41, 5.74) is -1.45. The van der Waals surface area contributed by atoms with Gasteiger partial charge in [0, 0.05) is 6.42 Å². The Labute approximate surface area is 98.0 Å². The minimum atomic E-state index is -1.77. The van der Waals surface area contributed by atoms with Gasteiger partial charge in [-0.3, -0.25) is 4.79 Å². The van der Waals surface area contributed by atoms with Crippen LogP contribution in [0.5, 0.6) is 11.5 Å². The zero-order valence-electron chi connectivity index (χ0n) is 9.57. The molecule has 92 valence electrons. The van der Waals surface area contributed by atoms with Crippen molar-refractivity contribution in [3.05, 3.63) is 23.8 Å². The fourth-order valence-corrected chi connectivity index (χ4v) is 1.93. The molecule has 1 N–H and O–H groups in total. The van der Waals surface area contributed by atoms with E-state index in [1.807, 2.05) is 0 Å². The summed E-state index contributed by atoms with van der Waals surface area (Å²) in [4.78, 5) is 10.7. The largest absolute Gasteiger partial charge is 0.493 e. The molecule has 1 aromatic rings. The van der Waals surface area contributed by atoms with Gasteiger partial charge in [0.25, 0.3) is 0 Å². The van der Waals surface area contributed by atoms with Gasteiger partial charge < -0.3 is 14.6 Å². The molecule has 0 aromatic heterocycles. The van der Waals surface area contributed by atoms with E-state index in [9.17, 15) is 9.18 Å². The molecule has 0 spiro atoms. The predicted molar refractivity (Wildman–Crippen MR) is 58.1 cm³/mol. The van der Waals surface area contributed by atoms with Crippen LogP contribution in [-0.2, 0) is 10.5 Å². The van der Waals surface area contributed by atoms with Crippen molar-refractivity contribution in [1.29, 1.82) is 0 Å². The van der Waals surface area contributed by atoms with E-state index in [0.717, 1.165) is 0 Å². The average molecular weight is 240 g/mol. The fourth-order valence-electron chi connectivity index (χ4n) is 1.93. The first-order valence-electron chi connectivity index (χ1n) is 5.17. The second-order valence-corrected chi connectivity index (χ2v) is 4.03. The Morgan fingerprint density at radius 1 is 1.41 bits per heavy atom. The Bertz CT molecular complexity index is 460. The van der Waals surface area contributed by atoms with E-state index >= 15 is 0 Å². The molecule has 0 radical (unpaired) electrons. The summed E-state index contributed by atoms with van der Waals surface area (Å²) >= 11 is 0. The SMILES string of the molecule is COc1ccc([C@@]2(F)C[C@@H]2C(=O)O)cc1OC. The number of benzene rings is 1. The standard InChI is InChI=1S/C12H13FO4/c1-16-9-4-3-7(5-10(9)17-2)12(13)6-8(12)11(14)15/h3-5,8H,6H2,1-2H3,(H,14,15)/t8-,12+/m1/s1. The van der Waals surface area contributed by atoms with Crippen LogP contribution in [0.15, 0.2) is 18.2 Å². The van der Waals surface area contributed by atoms with Crippen molar-refractivity contribution >= 4 is 5.97 Å². The highest BCUT2D eigenvalue weighted by Crippen LogP contribution is 2.56. The summed E-state index contributed by atoms with van der Waals surface area (Å²) < 4.78 is 24.3. The molecule has 0 saturated heterocycles. The number of methoxy groups -OCH3 is 2. The maximum absolute atomic E-state index is 14.2. The van der Waals surface area contributed by atoms with E-state index in [-0.39, 0.29) is 6.42 Å². The van der Waals surface area contributed by atoms with Crippen LogP contribution in [0.2, 0.25) is 0 Å². The van der Waals surface area contributed by atoms with Crippen LogP contribution in [0.4, 0.5) is 4.39 Å². The summed E-state index contributed by atoms with van der Waals surface area (Å²) in [5.74, 6) is -1.17. The topological polar surface area (TPSA) is 55.8 Å². The maximum Gasteiger partial charge on any atom is 0.310 e. The molecule has 1 aromatic carbocycles. The number of hydrogen-bond donors (Lipinski definition) is 1. The summed E-state index contributed by atoms with van der Waals surface area (Å²) in [7, 11) is 2.94. The van der Waals surface area contributed by atoms with Gasteiger partial charge in [0.05, 0.1) is 20.1 Å². The van der Waals surface area contributed by atoms with Crippen molar-refractivity contribution in [3.8, 4) is 11.5 Å². The number of carbonyl (C=O) groups is 1. The summed E-state index contributed by atoms with van der Waals surface area (Å²) in [5, 5.41) is 8.78. The van der Waals surface area contributed by atoms with Crippen molar-refractivity contribution in [3.63, 3.8) is 0 Å². The molecule has 0 unspecified atom stereocenters. The Kier molecular flexibility index (Phi) is 2.69. The first-order valence-corrected chi connectivity index (χ1v) is 5.17. The van der Waals surface area contributed by atoms with Gasteiger partial charge in [0.15, 0.2) is 17.2 Å². The molecule has 4 nitrogen and oxygen atoms in total. The highest BCUT2D eigenvalue weighted by Gasteiger charge is 2.61. The second-order valence-electron chi connectivity index (χ2n) is 4.03. The van der Waals surface area contributed by atoms with Crippen molar-refractivity contribution in [2.24, 2.45) is 5.92 Å². The highest BCUT2D eigenvalue weighted by atomic mass is 19.1. The lowest BCUT2D eigenvalue weighted by Crippen LogP contribution is -2.09. The van der Waals surface area contributed by atoms with Crippen LogP contribution in [0.3, 0.4) is 0 Å². The second kappa shape index (κ2) is 3.91. The Balaban J connectivity index is 2.32. The molecule has 1 aliphatic carbocycles. The molecule has 0 amide bonds. The number of carboxylic acids is 1. The molecule has 5 heteroatoms. The van der Waals surface area contributed by atoms with Crippen LogP contribution < -0.4 is 9.47 Å². The summed E-state index contributed by atoms with van der Waals surface area (Å²) in [6, 6.07) is 4.60. The fraction of sp³-hybridized carbons (Fsp3) is 0.417. The van der Waals surface area contributed by atoms with Crippen molar-refractivity contribution in [2.75, 3.05) is 14.2 Å². The van der Waals surface area contributed by atoms with Crippen LogP contribution >= 0.6 is 0 Å². The molecule has 0 heterocycles. The van der Waals surface area contributed by atoms with Crippen LogP contribution in [-0.4, -0.2) is 25.3 Å². The van der Waals surface area contributed by atoms with Gasteiger partial charge in [-0.1, -0.05) is 6.07 Å². The van der Waals surface area contributed by atoms with E-state index in [1.165, 1.54) is 26.4 Å². The molecule has 2 atom stereocenters. The number of carboxylic acid groups (broad SMARTS) is 1. The normalized spacial score (nSPS) is 26.4. The lowest BCUT2D eigenvalue weighted by Gasteiger charge is -2.12. The van der Waals surface area contributed by atoms with Gasteiger partial charge in [-0.05, 0) is 17.7 Å². The number of ether oxygens (including phenoxy) is 2. The summed E-state index contributed by atoms with van der Waals surface area (Å²) in [6.07, 6.45) is 0.0117. The molecule has 2 rings (SSSR count). The maximum atomic E-state index is 14.2. The number of hydrogen-bond acceptors (Lipinski definition) is 3. The zero-order valence-corrected chi connectivity index (χ0v) is 9.57. The number of halogens is 1. The lowest BCUT2D eigenvalue weighted by atomic mass is 10.1. The van der Waals surface area contributed by atoms with Crippen molar-refractivity contribution in [1.82, 2.24) is 0 Å². The molecular weight excluding hydrogens is 227 g/mol. The Morgan fingerprint density at radius 3 is 2.53 bits per heavy atom. The Morgan fingerprint density at radius 2 is 2.06 bits per heavy atom. The van der Waals surface area contributed by atoms with Crippen molar-refractivity contribution < 1.29 is 23.8 Å². The van der Waals surface area contributed by atoms with Gasteiger partial charge in [0.2, 0.25) is 0 Å². The van der Waals surface area contributed by atoms with E-state index in [4.69, 9.17) is 14.6 Å². The highest BCUT2D eigenvalue weighted by molar-refractivity contribution is 5.76. The molecule has 1 aliphatic rings. The third-order valence-corrected chi connectivity index (χ3v) is 3.05. The summed E-state index contributed by atoms with van der Waals surface area (Å²) in [6.45, 7) is 0. The van der Waals surface area contributed by atoms with Gasteiger partial charge in [-0.2, -0.15) is 0 Å². The smallest absolute Gasteiger partial charge is 0.310 e. The lowest BCUT2D eigenvalue weighted by molar-refractivity contribution is -0.139. The first kappa shape index (κ1) is 11.7. The first-order chi connectivity index (χ1) is 8.02. The van der Waals surface area contributed by atoms with Gasteiger partial charge in [-0.15, -0.1) is 0 Å². The third-order valence-electron chi connectivity index (χ3n) is 3.05. The molecule has 1 fully saturated rings. The number of aliphatic carboxylic acids is 1. The molecular formula is C12H13FO4. The third kappa shape index (κ3) is 1.81. The Hall–Kier alpha value is -1.78. The number of alkyl halides is 1. The van der Waals surface area contributed by atoms with Gasteiger partial charge in [-0.25, -0.2) is 4.39 Å². The molecule has 1 saturated carbocycles. The quantitative estimate of drug-likeness (QED) is 0.874. The minimum absolute atomic E-state index is 0.0117.